The third-order valence-electron chi connectivity index (χ3n) is 2.05. The Hall–Kier alpha value is -1.26. The van der Waals surface area contributed by atoms with E-state index in [0.717, 1.165) is 10.5 Å². The summed E-state index contributed by atoms with van der Waals surface area (Å²) >= 11 is 1.70. The third-order valence-corrected chi connectivity index (χ3v) is 2.99. The molecule has 78 valence electrons. The Labute approximate surface area is 93.3 Å². The minimum absolute atomic E-state index is 0.585. The van der Waals surface area contributed by atoms with E-state index in [2.05, 4.69) is 17.2 Å². The van der Waals surface area contributed by atoms with E-state index < -0.39 is 0 Å². The van der Waals surface area contributed by atoms with Crippen LogP contribution < -0.4 is 5.73 Å². The molecule has 0 saturated heterocycles. The number of rotatable bonds is 3. The Morgan fingerprint density at radius 3 is 2.93 bits per heavy atom. The smallest absolute Gasteiger partial charge is 0.0629 e. The first kappa shape index (κ1) is 10.3. The average Bonchev–Trinajstić information content (AvgIpc) is 2.64. The average molecular weight is 219 g/mol. The molecule has 0 aliphatic rings. The predicted molar refractivity (Wildman–Crippen MR) is 61.7 cm³/mol. The van der Waals surface area contributed by atoms with Crippen LogP contribution in [0.25, 0.3) is 0 Å². The zero-order valence-corrected chi connectivity index (χ0v) is 9.37. The first-order valence-corrected chi connectivity index (χ1v) is 5.55. The van der Waals surface area contributed by atoms with E-state index in [1.54, 1.807) is 16.4 Å². The van der Waals surface area contributed by atoms with Gasteiger partial charge in [0.2, 0.25) is 0 Å². The van der Waals surface area contributed by atoms with Crippen LogP contribution in [0.4, 0.5) is 0 Å². The Balaban J connectivity index is 2.16. The third kappa shape index (κ3) is 2.61. The van der Waals surface area contributed by atoms with Gasteiger partial charge in [-0.1, -0.05) is 23.9 Å². The minimum Gasteiger partial charge on any atom is -0.326 e. The Kier molecular flexibility index (Phi) is 3.08. The van der Waals surface area contributed by atoms with Gasteiger partial charge >= 0.3 is 0 Å². The maximum absolute atomic E-state index is 5.59. The summed E-state index contributed by atoms with van der Waals surface area (Å²) in [5.74, 6) is 0. The monoisotopic (exact) mass is 219 g/mol. The molecular formula is C11H13N3S. The van der Waals surface area contributed by atoms with Crippen LogP contribution in [0.2, 0.25) is 0 Å². The van der Waals surface area contributed by atoms with Crippen molar-refractivity contribution in [2.75, 3.05) is 0 Å². The molecule has 0 aliphatic carbocycles. The lowest BCUT2D eigenvalue weighted by Crippen LogP contribution is -1.95. The number of nitrogens with zero attached hydrogens (tertiary/aromatic N) is 2. The van der Waals surface area contributed by atoms with E-state index in [4.69, 9.17) is 5.73 Å². The van der Waals surface area contributed by atoms with Crippen molar-refractivity contribution >= 4 is 11.8 Å². The molecule has 0 fully saturated rings. The van der Waals surface area contributed by atoms with Gasteiger partial charge in [0.25, 0.3) is 0 Å². The molecule has 1 heterocycles. The molecule has 0 aliphatic heterocycles. The molecule has 0 unspecified atom stereocenters. The summed E-state index contributed by atoms with van der Waals surface area (Å²) in [5, 5.41) is 4.13. The minimum atomic E-state index is 0.585. The largest absolute Gasteiger partial charge is 0.326 e. The number of aryl methyl sites for hydroxylation is 1. The van der Waals surface area contributed by atoms with Crippen molar-refractivity contribution in [3.63, 3.8) is 0 Å². The fourth-order valence-electron chi connectivity index (χ4n) is 1.32. The summed E-state index contributed by atoms with van der Waals surface area (Å²) in [6.45, 7) is 0.585. The van der Waals surface area contributed by atoms with Gasteiger partial charge in [-0.15, -0.1) is 0 Å². The van der Waals surface area contributed by atoms with Crippen molar-refractivity contribution in [1.82, 2.24) is 9.78 Å². The highest BCUT2D eigenvalue weighted by Gasteiger charge is 2.00. The fourth-order valence-corrected chi connectivity index (χ4v) is 2.26. The zero-order valence-electron chi connectivity index (χ0n) is 8.55. The van der Waals surface area contributed by atoms with Crippen molar-refractivity contribution in [3.8, 4) is 0 Å². The summed E-state index contributed by atoms with van der Waals surface area (Å²) in [6.07, 6.45) is 3.86. The van der Waals surface area contributed by atoms with Crippen LogP contribution in [-0.4, -0.2) is 9.78 Å². The summed E-state index contributed by atoms with van der Waals surface area (Å²) in [4.78, 5) is 2.35. The Bertz CT molecular complexity index is 451. The molecule has 2 N–H and O–H groups in total. The van der Waals surface area contributed by atoms with Gasteiger partial charge < -0.3 is 5.73 Å². The van der Waals surface area contributed by atoms with Gasteiger partial charge in [0, 0.05) is 24.7 Å². The van der Waals surface area contributed by atoms with Crippen molar-refractivity contribution in [1.29, 1.82) is 0 Å². The van der Waals surface area contributed by atoms with E-state index in [1.807, 2.05) is 31.6 Å². The molecule has 15 heavy (non-hydrogen) atoms. The summed E-state index contributed by atoms with van der Waals surface area (Å²) < 4.78 is 1.80. The summed E-state index contributed by atoms with van der Waals surface area (Å²) in [6, 6.07) is 8.25. The van der Waals surface area contributed by atoms with E-state index in [0.29, 0.717) is 6.54 Å². The first-order chi connectivity index (χ1) is 7.28. The molecule has 0 amide bonds. The molecule has 1 aromatic carbocycles. The van der Waals surface area contributed by atoms with Gasteiger partial charge in [-0.2, -0.15) is 5.10 Å². The topological polar surface area (TPSA) is 43.8 Å². The van der Waals surface area contributed by atoms with Gasteiger partial charge in [0.15, 0.2) is 0 Å². The van der Waals surface area contributed by atoms with Crippen LogP contribution >= 0.6 is 11.8 Å². The number of aromatic nitrogens is 2. The lowest BCUT2D eigenvalue weighted by atomic mass is 10.2. The van der Waals surface area contributed by atoms with Crippen LogP contribution in [-0.2, 0) is 13.6 Å². The molecule has 2 aromatic rings. The normalized spacial score (nSPS) is 10.5. The summed E-state index contributed by atoms with van der Waals surface area (Å²) in [7, 11) is 1.92. The van der Waals surface area contributed by atoms with E-state index in [9.17, 15) is 0 Å². The molecule has 0 atom stereocenters. The number of nitrogens with two attached hydrogens (primary N) is 1. The molecule has 3 nitrogen and oxygen atoms in total. The quantitative estimate of drug-likeness (QED) is 0.859. The number of benzene rings is 1. The SMILES string of the molecule is Cn1cc(Sc2cccc(CN)c2)cn1. The van der Waals surface area contributed by atoms with Crippen LogP contribution in [0.3, 0.4) is 0 Å². The van der Waals surface area contributed by atoms with E-state index in [1.165, 1.54) is 4.90 Å². The van der Waals surface area contributed by atoms with Crippen molar-refractivity contribution in [2.24, 2.45) is 12.8 Å². The highest BCUT2D eigenvalue weighted by atomic mass is 32.2. The lowest BCUT2D eigenvalue weighted by Gasteiger charge is -2.01. The first-order valence-electron chi connectivity index (χ1n) is 4.73. The maximum Gasteiger partial charge on any atom is 0.0629 e. The molecule has 2 rings (SSSR count). The van der Waals surface area contributed by atoms with Gasteiger partial charge in [-0.3, -0.25) is 4.68 Å². The van der Waals surface area contributed by atoms with Crippen LogP contribution in [0, 0.1) is 0 Å². The number of hydrogen-bond acceptors (Lipinski definition) is 3. The molecule has 1 aromatic heterocycles. The van der Waals surface area contributed by atoms with E-state index in [-0.39, 0.29) is 0 Å². The van der Waals surface area contributed by atoms with Gasteiger partial charge in [-0.25, -0.2) is 0 Å². The molecule has 0 spiro atoms. The zero-order chi connectivity index (χ0) is 10.7. The highest BCUT2D eigenvalue weighted by Crippen LogP contribution is 2.27. The van der Waals surface area contributed by atoms with Crippen LogP contribution in [0.1, 0.15) is 5.56 Å². The second kappa shape index (κ2) is 4.51. The second-order valence-electron chi connectivity index (χ2n) is 3.30. The van der Waals surface area contributed by atoms with E-state index >= 15 is 0 Å². The van der Waals surface area contributed by atoms with Gasteiger partial charge in [0.1, 0.15) is 0 Å². The van der Waals surface area contributed by atoms with Crippen molar-refractivity contribution in [3.05, 3.63) is 42.2 Å². The molecule has 4 heteroatoms. The Morgan fingerprint density at radius 1 is 1.40 bits per heavy atom. The molecule has 0 saturated carbocycles. The van der Waals surface area contributed by atoms with Crippen molar-refractivity contribution in [2.45, 2.75) is 16.3 Å². The fraction of sp³-hybridized carbons (Fsp3) is 0.182. The standard InChI is InChI=1S/C11H13N3S/c1-14-8-11(7-13-14)15-10-4-2-3-9(5-10)6-12/h2-5,7-8H,6,12H2,1H3. The second-order valence-corrected chi connectivity index (χ2v) is 4.45. The predicted octanol–water partition coefficient (Wildman–Crippen LogP) is 2.03. The summed E-state index contributed by atoms with van der Waals surface area (Å²) in [5.41, 5.74) is 6.75. The van der Waals surface area contributed by atoms with Crippen LogP contribution in [0.5, 0.6) is 0 Å². The lowest BCUT2D eigenvalue weighted by molar-refractivity contribution is 0.766. The van der Waals surface area contributed by atoms with Crippen LogP contribution in [0.15, 0.2) is 46.5 Å². The molecule has 0 bridgehead atoms. The molecule has 0 radical (unpaired) electrons. The van der Waals surface area contributed by atoms with Gasteiger partial charge in [-0.05, 0) is 17.7 Å². The number of hydrogen-bond donors (Lipinski definition) is 1. The van der Waals surface area contributed by atoms with Gasteiger partial charge in [0.05, 0.1) is 11.1 Å². The highest BCUT2D eigenvalue weighted by molar-refractivity contribution is 7.99. The van der Waals surface area contributed by atoms with Crippen molar-refractivity contribution < 1.29 is 0 Å². The molecular weight excluding hydrogens is 206 g/mol. The maximum atomic E-state index is 5.59. The Morgan fingerprint density at radius 2 is 2.27 bits per heavy atom.